The van der Waals surface area contributed by atoms with Crippen LogP contribution in [0.1, 0.15) is 109 Å². The summed E-state index contributed by atoms with van der Waals surface area (Å²) in [4.78, 5) is 4.86. The summed E-state index contributed by atoms with van der Waals surface area (Å²) in [6.45, 7) is 11.0. The van der Waals surface area contributed by atoms with Crippen molar-refractivity contribution in [1.82, 2.24) is 0 Å². The molecule has 0 heterocycles. The number of phenolic OH excluding ortho intramolecular Hbond substituents is 1. The first kappa shape index (κ1) is 23.6. The van der Waals surface area contributed by atoms with Gasteiger partial charge in [0.25, 0.3) is 0 Å². The lowest BCUT2D eigenvalue weighted by Crippen LogP contribution is -2.13. The fraction of sp³-hybridized carbons (Fsp3) is 0.552. The molecule has 1 saturated carbocycles. The van der Waals surface area contributed by atoms with E-state index in [1.165, 1.54) is 62.5 Å². The van der Waals surface area contributed by atoms with Crippen molar-refractivity contribution in [3.05, 3.63) is 53.1 Å². The molecular formula is C29H41NO. The second-order valence-electron chi connectivity index (χ2n) is 10.3. The smallest absolute Gasteiger partial charge is 0.128 e. The molecule has 31 heavy (non-hydrogen) atoms. The van der Waals surface area contributed by atoms with Crippen LogP contribution >= 0.6 is 0 Å². The van der Waals surface area contributed by atoms with E-state index in [9.17, 15) is 5.11 Å². The maximum absolute atomic E-state index is 11.0. The first-order valence-corrected chi connectivity index (χ1v) is 12.3. The van der Waals surface area contributed by atoms with Gasteiger partial charge in [-0.1, -0.05) is 84.6 Å². The zero-order valence-corrected chi connectivity index (χ0v) is 20.2. The number of aliphatic imine (C=N–C) groups is 1. The second-order valence-corrected chi connectivity index (χ2v) is 10.3. The van der Waals surface area contributed by atoms with Gasteiger partial charge >= 0.3 is 0 Å². The molecule has 0 spiro atoms. The van der Waals surface area contributed by atoms with Crippen LogP contribution in [-0.4, -0.2) is 17.4 Å². The Morgan fingerprint density at radius 2 is 1.68 bits per heavy atom. The zero-order valence-electron chi connectivity index (χ0n) is 20.2. The molecule has 0 bridgehead atoms. The van der Waals surface area contributed by atoms with Crippen molar-refractivity contribution in [1.29, 1.82) is 0 Å². The topological polar surface area (TPSA) is 32.6 Å². The van der Waals surface area contributed by atoms with Crippen molar-refractivity contribution in [3.63, 3.8) is 0 Å². The van der Waals surface area contributed by atoms with Crippen molar-refractivity contribution in [2.45, 2.75) is 103 Å². The maximum atomic E-state index is 11.0. The Bertz CT molecular complexity index is 867. The van der Waals surface area contributed by atoms with Crippen LogP contribution in [0.5, 0.6) is 5.75 Å². The first-order chi connectivity index (χ1) is 14.8. The van der Waals surface area contributed by atoms with Gasteiger partial charge in [0.05, 0.1) is 0 Å². The van der Waals surface area contributed by atoms with Crippen LogP contribution in [0.25, 0.3) is 11.1 Å². The highest BCUT2D eigenvalue weighted by atomic mass is 16.3. The Morgan fingerprint density at radius 3 is 2.26 bits per heavy atom. The third-order valence-corrected chi connectivity index (χ3v) is 6.79. The molecule has 2 nitrogen and oxygen atoms in total. The van der Waals surface area contributed by atoms with Crippen LogP contribution in [0.3, 0.4) is 0 Å². The molecule has 168 valence electrons. The van der Waals surface area contributed by atoms with E-state index in [1.54, 1.807) is 0 Å². The van der Waals surface area contributed by atoms with Gasteiger partial charge in [0.2, 0.25) is 0 Å². The lowest BCUT2D eigenvalue weighted by Gasteiger charge is -2.23. The Labute approximate surface area is 189 Å². The van der Waals surface area contributed by atoms with Gasteiger partial charge in [-0.05, 0) is 65.8 Å². The number of rotatable bonds is 7. The van der Waals surface area contributed by atoms with Crippen LogP contribution in [0.15, 0.2) is 41.4 Å². The average molecular weight is 420 g/mol. The van der Waals surface area contributed by atoms with Crippen LogP contribution in [-0.2, 0) is 5.41 Å². The van der Waals surface area contributed by atoms with Crippen molar-refractivity contribution in [3.8, 4) is 16.9 Å². The van der Waals surface area contributed by atoms with Gasteiger partial charge in [-0.2, -0.15) is 0 Å². The third kappa shape index (κ3) is 5.99. The quantitative estimate of drug-likeness (QED) is 0.449. The predicted molar refractivity (Wildman–Crippen MR) is 135 cm³/mol. The molecule has 2 aromatic rings. The minimum Gasteiger partial charge on any atom is -0.507 e. The van der Waals surface area contributed by atoms with Crippen molar-refractivity contribution in [2.75, 3.05) is 0 Å². The van der Waals surface area contributed by atoms with Gasteiger partial charge in [0.15, 0.2) is 0 Å². The summed E-state index contributed by atoms with van der Waals surface area (Å²) in [5.74, 6) is 1.02. The van der Waals surface area contributed by atoms with E-state index in [0.29, 0.717) is 17.7 Å². The summed E-state index contributed by atoms with van der Waals surface area (Å²) in [6, 6.07) is 13.7. The molecule has 1 aliphatic rings. The fourth-order valence-corrected chi connectivity index (χ4v) is 4.81. The van der Waals surface area contributed by atoms with Crippen LogP contribution in [0.4, 0.5) is 0 Å². The highest BCUT2D eigenvalue weighted by molar-refractivity contribution is 5.87. The molecular weight excluding hydrogens is 378 g/mol. The van der Waals surface area contributed by atoms with Crippen molar-refractivity contribution in [2.24, 2.45) is 4.99 Å². The van der Waals surface area contributed by atoms with E-state index in [4.69, 9.17) is 4.99 Å². The molecule has 0 saturated heterocycles. The molecule has 1 N–H and O–H groups in total. The van der Waals surface area contributed by atoms with Gasteiger partial charge < -0.3 is 5.11 Å². The number of nitrogens with zero attached hydrogens (tertiary/aromatic N) is 1. The minimum atomic E-state index is -0.137. The van der Waals surface area contributed by atoms with E-state index in [0.717, 1.165) is 16.7 Å². The van der Waals surface area contributed by atoms with E-state index in [2.05, 4.69) is 71.0 Å². The van der Waals surface area contributed by atoms with Crippen molar-refractivity contribution < 1.29 is 5.11 Å². The largest absolute Gasteiger partial charge is 0.507 e. The molecule has 2 aromatic carbocycles. The molecule has 1 atom stereocenters. The molecule has 1 unspecified atom stereocenters. The minimum absolute atomic E-state index is 0.137. The summed E-state index contributed by atoms with van der Waals surface area (Å²) in [6.07, 6.45) is 11.8. The van der Waals surface area contributed by atoms with E-state index in [1.807, 2.05) is 6.21 Å². The van der Waals surface area contributed by atoms with Gasteiger partial charge in [-0.15, -0.1) is 0 Å². The molecule has 1 fully saturated rings. The fourth-order valence-electron chi connectivity index (χ4n) is 4.81. The monoisotopic (exact) mass is 419 g/mol. The number of hydrogen-bond acceptors (Lipinski definition) is 2. The summed E-state index contributed by atoms with van der Waals surface area (Å²) >= 11 is 0. The first-order valence-electron chi connectivity index (χ1n) is 12.3. The molecule has 0 aliphatic heterocycles. The summed E-state index contributed by atoms with van der Waals surface area (Å²) in [5.41, 5.74) is 5.48. The third-order valence-electron chi connectivity index (χ3n) is 6.79. The van der Waals surface area contributed by atoms with E-state index in [-0.39, 0.29) is 5.41 Å². The highest BCUT2D eigenvalue weighted by Gasteiger charge is 2.22. The van der Waals surface area contributed by atoms with Crippen molar-refractivity contribution >= 4 is 6.21 Å². The standard InChI is InChI=1S/C29H41NO/c1-6-11-21(7-2)22-14-16-23(17-15-22)24-18-25(20-30-26-12-9-8-10-13-26)28(31)27(19-24)29(3,4)5/h14-21,26,31H,6-13H2,1-5H3. The Hall–Kier alpha value is -2.09. The summed E-state index contributed by atoms with van der Waals surface area (Å²) < 4.78 is 0. The van der Waals surface area contributed by atoms with E-state index < -0.39 is 0 Å². The lowest BCUT2D eigenvalue weighted by atomic mass is 9.83. The molecule has 2 heteroatoms. The molecule has 1 aliphatic carbocycles. The van der Waals surface area contributed by atoms with Crippen LogP contribution < -0.4 is 0 Å². The number of hydrogen-bond donors (Lipinski definition) is 1. The maximum Gasteiger partial charge on any atom is 0.128 e. The predicted octanol–water partition coefficient (Wildman–Crippen LogP) is 8.40. The Balaban J connectivity index is 1.96. The second kappa shape index (κ2) is 10.5. The van der Waals surface area contributed by atoms with Crippen LogP contribution in [0, 0.1) is 0 Å². The average Bonchev–Trinajstić information content (AvgIpc) is 2.77. The van der Waals surface area contributed by atoms with Gasteiger partial charge in [-0.25, -0.2) is 0 Å². The number of aromatic hydroxyl groups is 1. The van der Waals surface area contributed by atoms with Crippen LogP contribution in [0.2, 0.25) is 0 Å². The van der Waals surface area contributed by atoms with Gasteiger partial charge in [0.1, 0.15) is 5.75 Å². The summed E-state index contributed by atoms with van der Waals surface area (Å²) in [7, 11) is 0. The number of benzene rings is 2. The Morgan fingerprint density at radius 1 is 1.00 bits per heavy atom. The van der Waals surface area contributed by atoms with Gasteiger partial charge in [-0.3, -0.25) is 4.99 Å². The summed E-state index contributed by atoms with van der Waals surface area (Å²) in [5, 5.41) is 11.0. The van der Waals surface area contributed by atoms with E-state index >= 15 is 0 Å². The zero-order chi connectivity index (χ0) is 22.4. The Kier molecular flexibility index (Phi) is 7.97. The molecule has 0 amide bonds. The lowest BCUT2D eigenvalue weighted by molar-refractivity contribution is 0.441. The SMILES string of the molecule is CCCC(CC)c1ccc(-c2cc(C=NC3CCCCC3)c(O)c(C(C)(C)C)c2)cc1. The van der Waals surface area contributed by atoms with Gasteiger partial charge in [0, 0.05) is 23.4 Å². The highest BCUT2D eigenvalue weighted by Crippen LogP contribution is 2.37. The normalized spacial score (nSPS) is 16.7. The molecule has 0 aromatic heterocycles. The molecule has 3 rings (SSSR count). The molecule has 0 radical (unpaired) electrons. The number of phenols is 1.